The van der Waals surface area contributed by atoms with Crippen LogP contribution in [0, 0.1) is 5.82 Å². The lowest BCUT2D eigenvalue weighted by atomic mass is 10.2. The molecule has 0 radical (unpaired) electrons. The molecule has 18 heavy (non-hydrogen) atoms. The van der Waals surface area contributed by atoms with E-state index in [9.17, 15) is 4.39 Å². The molecule has 0 aliphatic rings. The van der Waals surface area contributed by atoms with E-state index in [4.69, 9.17) is 22.1 Å². The Morgan fingerprint density at radius 1 is 1.22 bits per heavy atom. The third-order valence-electron chi connectivity index (χ3n) is 2.27. The SMILES string of the molecule is Nc1ccc(Cl)c(OCc2cc(F)cc(Br)c2)c1. The Morgan fingerprint density at radius 2 is 2.00 bits per heavy atom. The summed E-state index contributed by atoms with van der Waals surface area (Å²) < 4.78 is 19.3. The van der Waals surface area contributed by atoms with E-state index in [1.54, 1.807) is 24.3 Å². The first-order valence-electron chi connectivity index (χ1n) is 5.17. The first-order chi connectivity index (χ1) is 8.54. The van der Waals surface area contributed by atoms with Gasteiger partial charge in [0, 0.05) is 16.2 Å². The molecule has 0 aliphatic carbocycles. The third kappa shape index (κ3) is 3.37. The Labute approximate surface area is 118 Å². The van der Waals surface area contributed by atoms with Crippen LogP contribution in [0.1, 0.15) is 5.56 Å². The van der Waals surface area contributed by atoms with E-state index in [0.29, 0.717) is 26.5 Å². The minimum absolute atomic E-state index is 0.222. The molecule has 0 aromatic heterocycles. The molecule has 2 N–H and O–H groups in total. The van der Waals surface area contributed by atoms with Crippen molar-refractivity contribution < 1.29 is 9.13 Å². The van der Waals surface area contributed by atoms with Crippen LogP contribution in [-0.4, -0.2) is 0 Å². The van der Waals surface area contributed by atoms with Crippen molar-refractivity contribution >= 4 is 33.2 Å². The maximum Gasteiger partial charge on any atom is 0.140 e. The van der Waals surface area contributed by atoms with E-state index in [1.165, 1.54) is 12.1 Å². The Kier molecular flexibility index (Phi) is 4.09. The van der Waals surface area contributed by atoms with Gasteiger partial charge in [-0.25, -0.2) is 4.39 Å². The van der Waals surface area contributed by atoms with Crippen LogP contribution < -0.4 is 10.5 Å². The summed E-state index contributed by atoms with van der Waals surface area (Å²) in [5.41, 5.74) is 6.91. The molecule has 2 nitrogen and oxygen atoms in total. The zero-order chi connectivity index (χ0) is 13.1. The number of nitrogen functional groups attached to an aromatic ring is 1. The summed E-state index contributed by atoms with van der Waals surface area (Å²) in [6.45, 7) is 0.222. The van der Waals surface area contributed by atoms with Gasteiger partial charge in [0.15, 0.2) is 0 Å². The van der Waals surface area contributed by atoms with Crippen LogP contribution >= 0.6 is 27.5 Å². The minimum atomic E-state index is -0.318. The molecule has 5 heteroatoms. The number of hydrogen-bond donors (Lipinski definition) is 1. The third-order valence-corrected chi connectivity index (χ3v) is 3.04. The number of ether oxygens (including phenoxy) is 1. The van der Waals surface area contributed by atoms with Gasteiger partial charge in [-0.1, -0.05) is 27.5 Å². The van der Waals surface area contributed by atoms with Gasteiger partial charge in [0.25, 0.3) is 0 Å². The molecular formula is C13H10BrClFNO. The minimum Gasteiger partial charge on any atom is -0.487 e. The average Bonchev–Trinajstić information content (AvgIpc) is 2.29. The number of anilines is 1. The van der Waals surface area contributed by atoms with Gasteiger partial charge >= 0.3 is 0 Å². The Morgan fingerprint density at radius 3 is 2.72 bits per heavy atom. The summed E-state index contributed by atoms with van der Waals surface area (Å²) in [5.74, 6) is 0.165. The average molecular weight is 331 g/mol. The Balaban J connectivity index is 2.13. The number of hydrogen-bond acceptors (Lipinski definition) is 2. The summed E-state index contributed by atoms with van der Waals surface area (Å²) in [6.07, 6.45) is 0. The topological polar surface area (TPSA) is 35.2 Å². The number of halogens is 3. The van der Waals surface area contributed by atoms with E-state index in [1.807, 2.05) is 0 Å². The van der Waals surface area contributed by atoms with Crippen molar-refractivity contribution in [2.24, 2.45) is 0 Å². The summed E-state index contributed by atoms with van der Waals surface area (Å²) >= 11 is 9.18. The molecule has 0 saturated heterocycles. The molecule has 0 aliphatic heterocycles. The molecule has 0 amide bonds. The van der Waals surface area contributed by atoms with Crippen molar-refractivity contribution in [2.75, 3.05) is 5.73 Å². The zero-order valence-electron chi connectivity index (χ0n) is 9.29. The smallest absolute Gasteiger partial charge is 0.140 e. The molecule has 94 valence electrons. The molecule has 0 heterocycles. The van der Waals surface area contributed by atoms with Crippen LogP contribution in [0.3, 0.4) is 0 Å². The maximum absolute atomic E-state index is 13.2. The van der Waals surface area contributed by atoms with Crippen LogP contribution in [0.5, 0.6) is 5.75 Å². The molecule has 0 spiro atoms. The summed E-state index contributed by atoms with van der Waals surface area (Å²) in [7, 11) is 0. The lowest BCUT2D eigenvalue weighted by Gasteiger charge is -2.09. The highest BCUT2D eigenvalue weighted by Crippen LogP contribution is 2.27. The van der Waals surface area contributed by atoms with Gasteiger partial charge < -0.3 is 10.5 Å². The van der Waals surface area contributed by atoms with Crippen LogP contribution in [-0.2, 0) is 6.61 Å². The summed E-state index contributed by atoms with van der Waals surface area (Å²) in [6, 6.07) is 9.56. The first kappa shape index (κ1) is 13.2. The van der Waals surface area contributed by atoms with Crippen molar-refractivity contribution in [2.45, 2.75) is 6.61 Å². The van der Waals surface area contributed by atoms with E-state index in [2.05, 4.69) is 15.9 Å². The van der Waals surface area contributed by atoms with E-state index in [-0.39, 0.29) is 12.4 Å². The fourth-order valence-corrected chi connectivity index (χ4v) is 2.17. The van der Waals surface area contributed by atoms with Crippen molar-refractivity contribution in [1.29, 1.82) is 0 Å². The van der Waals surface area contributed by atoms with Crippen molar-refractivity contribution in [3.8, 4) is 5.75 Å². The second-order valence-corrected chi connectivity index (χ2v) is 5.08. The molecule has 0 bridgehead atoms. The fourth-order valence-electron chi connectivity index (χ4n) is 1.49. The molecule has 0 fully saturated rings. The van der Waals surface area contributed by atoms with Gasteiger partial charge in [0.1, 0.15) is 18.2 Å². The van der Waals surface area contributed by atoms with Crippen LogP contribution in [0.25, 0.3) is 0 Å². The Bertz CT molecular complexity index is 557. The quantitative estimate of drug-likeness (QED) is 0.846. The van der Waals surface area contributed by atoms with Gasteiger partial charge in [-0.05, 0) is 35.9 Å². The predicted molar refractivity (Wildman–Crippen MR) is 74.3 cm³/mol. The molecule has 0 unspecified atom stereocenters. The molecule has 2 aromatic rings. The molecule has 0 atom stereocenters. The second kappa shape index (κ2) is 5.59. The molecule has 2 aromatic carbocycles. The van der Waals surface area contributed by atoms with Crippen LogP contribution in [0.2, 0.25) is 5.02 Å². The lowest BCUT2D eigenvalue weighted by Crippen LogP contribution is -1.97. The summed E-state index contributed by atoms with van der Waals surface area (Å²) in [4.78, 5) is 0. The maximum atomic E-state index is 13.2. The van der Waals surface area contributed by atoms with Gasteiger partial charge in [0.2, 0.25) is 0 Å². The monoisotopic (exact) mass is 329 g/mol. The number of rotatable bonds is 3. The summed E-state index contributed by atoms with van der Waals surface area (Å²) in [5, 5.41) is 0.472. The fraction of sp³-hybridized carbons (Fsp3) is 0.0769. The van der Waals surface area contributed by atoms with E-state index < -0.39 is 0 Å². The number of nitrogens with two attached hydrogens (primary N) is 1. The van der Waals surface area contributed by atoms with Crippen LogP contribution in [0.15, 0.2) is 40.9 Å². The first-order valence-corrected chi connectivity index (χ1v) is 6.34. The van der Waals surface area contributed by atoms with Gasteiger partial charge in [-0.2, -0.15) is 0 Å². The zero-order valence-corrected chi connectivity index (χ0v) is 11.6. The van der Waals surface area contributed by atoms with Gasteiger partial charge in [-0.15, -0.1) is 0 Å². The highest BCUT2D eigenvalue weighted by molar-refractivity contribution is 9.10. The molecular weight excluding hydrogens is 321 g/mol. The predicted octanol–water partition coefficient (Wildman–Crippen LogP) is 4.40. The van der Waals surface area contributed by atoms with Gasteiger partial charge in [-0.3, -0.25) is 0 Å². The lowest BCUT2D eigenvalue weighted by molar-refractivity contribution is 0.306. The van der Waals surface area contributed by atoms with Gasteiger partial charge in [0.05, 0.1) is 5.02 Å². The van der Waals surface area contributed by atoms with Crippen molar-refractivity contribution in [1.82, 2.24) is 0 Å². The Hall–Kier alpha value is -1.26. The largest absolute Gasteiger partial charge is 0.487 e. The molecule has 0 saturated carbocycles. The van der Waals surface area contributed by atoms with E-state index >= 15 is 0 Å². The van der Waals surface area contributed by atoms with Crippen molar-refractivity contribution in [3.05, 3.63) is 57.3 Å². The van der Waals surface area contributed by atoms with E-state index in [0.717, 1.165) is 0 Å². The highest BCUT2D eigenvalue weighted by atomic mass is 79.9. The molecule has 2 rings (SSSR count). The normalized spacial score (nSPS) is 10.4. The highest BCUT2D eigenvalue weighted by Gasteiger charge is 2.04. The van der Waals surface area contributed by atoms with Crippen molar-refractivity contribution in [3.63, 3.8) is 0 Å². The number of benzene rings is 2. The standard InChI is InChI=1S/C13H10BrClFNO/c14-9-3-8(4-10(16)5-9)7-18-13-6-11(17)1-2-12(13)15/h1-6H,7,17H2. The van der Waals surface area contributed by atoms with Crippen LogP contribution in [0.4, 0.5) is 10.1 Å². The second-order valence-electron chi connectivity index (χ2n) is 3.76.